The first kappa shape index (κ1) is 17.9. The summed E-state index contributed by atoms with van der Waals surface area (Å²) >= 11 is 1.44. The molecule has 7 nitrogen and oxygen atoms in total. The number of nitrogens with one attached hydrogen (secondary N) is 3. The first-order valence-electron chi connectivity index (χ1n) is 7.41. The van der Waals surface area contributed by atoms with E-state index in [4.69, 9.17) is 5.11 Å². The molecule has 0 aliphatic heterocycles. The van der Waals surface area contributed by atoms with Crippen LogP contribution in [-0.4, -0.2) is 34.6 Å². The molecule has 0 saturated heterocycles. The summed E-state index contributed by atoms with van der Waals surface area (Å²) in [6.45, 7) is 5.01. The number of carbonyl (C=O) groups is 2. The Labute approximate surface area is 144 Å². The lowest BCUT2D eigenvalue weighted by atomic mass is 10.2. The Morgan fingerprint density at radius 3 is 2.58 bits per heavy atom. The van der Waals surface area contributed by atoms with Gasteiger partial charge in [0.05, 0.1) is 5.69 Å². The second kappa shape index (κ2) is 7.89. The van der Waals surface area contributed by atoms with E-state index in [2.05, 4.69) is 20.9 Å². The number of aliphatic hydroxyl groups is 1. The Bertz CT molecular complexity index is 725. The van der Waals surface area contributed by atoms with Crippen molar-refractivity contribution in [3.8, 4) is 0 Å². The lowest BCUT2D eigenvalue weighted by Crippen LogP contribution is -2.31. The smallest absolute Gasteiger partial charge is 0.250 e. The third kappa shape index (κ3) is 4.77. The summed E-state index contributed by atoms with van der Waals surface area (Å²) in [6, 6.07) is 6.43. The van der Waals surface area contributed by atoms with Crippen molar-refractivity contribution in [1.82, 2.24) is 4.98 Å². The van der Waals surface area contributed by atoms with E-state index >= 15 is 0 Å². The largest absolute Gasteiger partial charge is 0.387 e. The van der Waals surface area contributed by atoms with E-state index in [1.165, 1.54) is 11.3 Å². The van der Waals surface area contributed by atoms with Crippen LogP contribution < -0.4 is 16.0 Å². The first-order valence-corrected chi connectivity index (χ1v) is 8.23. The number of rotatable bonds is 6. The molecule has 2 aromatic rings. The average Bonchev–Trinajstić information content (AvgIpc) is 2.85. The predicted molar refractivity (Wildman–Crippen MR) is 95.5 cm³/mol. The van der Waals surface area contributed by atoms with Gasteiger partial charge in [0.2, 0.25) is 11.8 Å². The Balaban J connectivity index is 1.98. The number of aliphatic hydroxyl groups excluding tert-OH is 1. The standard InChI is InChI=1S/C16H20N4O3S/c1-9-11(3)24-16(18-9)20-15(23)10(2)17-12-5-4-6-13(7-12)19-14(22)8-21/h4-7,10,17,21H,8H2,1-3H3,(H,19,22)(H,18,20,23)/t10-/m0/s1. The van der Waals surface area contributed by atoms with Gasteiger partial charge in [0.25, 0.3) is 0 Å². The number of aromatic nitrogens is 1. The van der Waals surface area contributed by atoms with Crippen molar-refractivity contribution in [2.24, 2.45) is 0 Å². The minimum absolute atomic E-state index is 0.200. The van der Waals surface area contributed by atoms with E-state index < -0.39 is 18.6 Å². The molecule has 128 valence electrons. The third-order valence-corrected chi connectivity index (χ3v) is 4.31. The quantitative estimate of drug-likeness (QED) is 0.640. The van der Waals surface area contributed by atoms with Gasteiger partial charge in [-0.15, -0.1) is 11.3 Å². The van der Waals surface area contributed by atoms with Gasteiger partial charge in [-0.2, -0.15) is 0 Å². The molecule has 4 N–H and O–H groups in total. The molecule has 0 bridgehead atoms. The maximum Gasteiger partial charge on any atom is 0.250 e. The first-order chi connectivity index (χ1) is 11.4. The van der Waals surface area contributed by atoms with Crippen LogP contribution in [0.4, 0.5) is 16.5 Å². The van der Waals surface area contributed by atoms with E-state index in [1.807, 2.05) is 13.8 Å². The van der Waals surface area contributed by atoms with Gasteiger partial charge in [0.15, 0.2) is 5.13 Å². The summed E-state index contributed by atoms with van der Waals surface area (Å²) in [5.74, 6) is -0.694. The van der Waals surface area contributed by atoms with Gasteiger partial charge in [-0.1, -0.05) is 6.07 Å². The molecule has 0 radical (unpaired) electrons. The fourth-order valence-electron chi connectivity index (χ4n) is 1.94. The molecule has 0 fully saturated rings. The van der Waals surface area contributed by atoms with Crippen molar-refractivity contribution in [1.29, 1.82) is 0 Å². The normalized spacial score (nSPS) is 11.7. The highest BCUT2D eigenvalue weighted by molar-refractivity contribution is 7.15. The van der Waals surface area contributed by atoms with Gasteiger partial charge in [0.1, 0.15) is 12.6 Å². The molecule has 24 heavy (non-hydrogen) atoms. The topological polar surface area (TPSA) is 103 Å². The average molecular weight is 348 g/mol. The zero-order valence-electron chi connectivity index (χ0n) is 13.7. The molecule has 1 atom stereocenters. The molecule has 0 saturated carbocycles. The number of carbonyl (C=O) groups excluding carboxylic acids is 2. The number of aryl methyl sites for hydroxylation is 2. The van der Waals surface area contributed by atoms with Crippen LogP contribution in [0.5, 0.6) is 0 Å². The van der Waals surface area contributed by atoms with Crippen LogP contribution in [0.2, 0.25) is 0 Å². The highest BCUT2D eigenvalue weighted by Gasteiger charge is 2.15. The summed E-state index contributed by atoms with van der Waals surface area (Å²) < 4.78 is 0. The number of anilines is 3. The molecular formula is C16H20N4O3S. The summed E-state index contributed by atoms with van der Waals surface area (Å²) in [4.78, 5) is 28.8. The predicted octanol–water partition coefficient (Wildman–Crippen LogP) is 2.13. The molecule has 1 aromatic carbocycles. The molecule has 1 aromatic heterocycles. The summed E-state index contributed by atoms with van der Waals surface area (Å²) in [5.41, 5.74) is 2.13. The number of thiazole rings is 1. The number of hydrogen-bond acceptors (Lipinski definition) is 6. The number of nitrogens with zero attached hydrogens (tertiary/aromatic N) is 1. The van der Waals surface area contributed by atoms with E-state index in [-0.39, 0.29) is 5.91 Å². The second-order valence-corrected chi connectivity index (χ2v) is 6.51. The molecule has 0 aliphatic rings. The molecule has 0 spiro atoms. The van der Waals surface area contributed by atoms with Gasteiger partial charge < -0.3 is 21.1 Å². The van der Waals surface area contributed by atoms with Crippen LogP contribution in [0.3, 0.4) is 0 Å². The fourth-order valence-corrected chi connectivity index (χ4v) is 2.76. The van der Waals surface area contributed by atoms with Crippen molar-refractivity contribution in [3.05, 3.63) is 34.8 Å². The Hall–Kier alpha value is -2.45. The highest BCUT2D eigenvalue weighted by atomic mass is 32.1. The molecule has 2 amide bonds. The lowest BCUT2D eigenvalue weighted by Gasteiger charge is -2.15. The van der Waals surface area contributed by atoms with Crippen molar-refractivity contribution in [2.75, 3.05) is 22.6 Å². The van der Waals surface area contributed by atoms with Crippen LogP contribution in [0.25, 0.3) is 0 Å². The minimum atomic E-state index is -0.580. The number of amides is 2. The Morgan fingerprint density at radius 2 is 1.96 bits per heavy atom. The maximum absolute atomic E-state index is 12.2. The van der Waals surface area contributed by atoms with Crippen molar-refractivity contribution in [3.63, 3.8) is 0 Å². The maximum atomic E-state index is 12.2. The molecule has 8 heteroatoms. The van der Waals surface area contributed by atoms with E-state index in [9.17, 15) is 9.59 Å². The van der Waals surface area contributed by atoms with Gasteiger partial charge in [-0.25, -0.2) is 4.98 Å². The zero-order chi connectivity index (χ0) is 17.7. The van der Waals surface area contributed by atoms with Gasteiger partial charge in [0, 0.05) is 16.3 Å². The van der Waals surface area contributed by atoms with E-state index in [0.29, 0.717) is 16.5 Å². The Morgan fingerprint density at radius 1 is 1.25 bits per heavy atom. The second-order valence-electron chi connectivity index (χ2n) is 5.30. The van der Waals surface area contributed by atoms with Crippen LogP contribution in [-0.2, 0) is 9.59 Å². The van der Waals surface area contributed by atoms with Gasteiger partial charge in [-0.3, -0.25) is 9.59 Å². The van der Waals surface area contributed by atoms with Crippen LogP contribution in [0.1, 0.15) is 17.5 Å². The summed E-state index contributed by atoms with van der Waals surface area (Å²) in [7, 11) is 0. The summed E-state index contributed by atoms with van der Waals surface area (Å²) in [5, 5.41) is 17.7. The monoisotopic (exact) mass is 348 g/mol. The van der Waals surface area contributed by atoms with Gasteiger partial charge in [-0.05, 0) is 39.0 Å². The molecule has 1 heterocycles. The van der Waals surface area contributed by atoms with Crippen LogP contribution in [0.15, 0.2) is 24.3 Å². The molecular weight excluding hydrogens is 328 g/mol. The van der Waals surface area contributed by atoms with Crippen LogP contribution in [0, 0.1) is 13.8 Å². The van der Waals surface area contributed by atoms with E-state index in [1.54, 1.807) is 31.2 Å². The lowest BCUT2D eigenvalue weighted by molar-refractivity contribution is -0.119. The highest BCUT2D eigenvalue weighted by Crippen LogP contribution is 2.21. The fraction of sp³-hybridized carbons (Fsp3) is 0.312. The zero-order valence-corrected chi connectivity index (χ0v) is 14.5. The third-order valence-electron chi connectivity index (χ3n) is 3.33. The molecule has 2 rings (SSSR count). The summed E-state index contributed by atoms with van der Waals surface area (Å²) in [6.07, 6.45) is 0. The van der Waals surface area contributed by atoms with Crippen molar-refractivity contribution < 1.29 is 14.7 Å². The number of benzene rings is 1. The number of hydrogen-bond donors (Lipinski definition) is 4. The van der Waals surface area contributed by atoms with Gasteiger partial charge >= 0.3 is 0 Å². The van der Waals surface area contributed by atoms with Crippen molar-refractivity contribution >= 4 is 39.7 Å². The minimum Gasteiger partial charge on any atom is -0.387 e. The molecule has 0 aliphatic carbocycles. The van der Waals surface area contributed by atoms with Crippen LogP contribution >= 0.6 is 11.3 Å². The Kier molecular flexibility index (Phi) is 5.88. The van der Waals surface area contributed by atoms with E-state index in [0.717, 1.165) is 10.6 Å². The SMILES string of the molecule is Cc1nc(NC(=O)[C@H](C)Nc2cccc(NC(=O)CO)c2)sc1C. The van der Waals surface area contributed by atoms with Crippen molar-refractivity contribution in [2.45, 2.75) is 26.8 Å². The molecule has 0 unspecified atom stereocenters.